The largest absolute Gasteiger partial charge is 0.481 e. The number of carbonyl (C=O) groups is 5. The van der Waals surface area contributed by atoms with E-state index in [1.165, 1.54) is 0 Å². The molecule has 0 aliphatic carbocycles. The number of hydrogen-bond donors (Lipinski definition) is 7. The quantitative estimate of drug-likeness (QED) is 0.175. The van der Waals surface area contributed by atoms with Gasteiger partial charge in [-0.15, -0.1) is 0 Å². The molecule has 0 aromatic heterocycles. The van der Waals surface area contributed by atoms with Crippen molar-refractivity contribution in [2.24, 2.45) is 11.7 Å². The SMILES string of the molecule is CC(C)C(NC(=O)C(CC(=O)O)NC(=O)C(CO)NC(=O)C(N)Cc1ccccc1)C(=O)O. The second-order valence-corrected chi connectivity index (χ2v) is 7.77. The van der Waals surface area contributed by atoms with Crippen molar-refractivity contribution in [2.75, 3.05) is 6.61 Å². The number of aliphatic hydroxyl groups is 1. The van der Waals surface area contributed by atoms with Gasteiger partial charge in [0.25, 0.3) is 0 Å². The fraction of sp³-hybridized carbons (Fsp3) is 0.476. The minimum absolute atomic E-state index is 0.169. The summed E-state index contributed by atoms with van der Waals surface area (Å²) in [6, 6.07) is 3.37. The zero-order valence-corrected chi connectivity index (χ0v) is 18.4. The lowest BCUT2D eigenvalue weighted by molar-refractivity contribution is -0.144. The van der Waals surface area contributed by atoms with E-state index >= 15 is 0 Å². The highest BCUT2D eigenvalue weighted by Gasteiger charge is 2.32. The molecular weight excluding hydrogens is 436 g/mol. The molecule has 1 aromatic rings. The molecule has 12 heteroatoms. The molecule has 0 aliphatic rings. The van der Waals surface area contributed by atoms with E-state index < -0.39 is 72.8 Å². The van der Waals surface area contributed by atoms with E-state index in [1.54, 1.807) is 44.2 Å². The molecule has 0 fully saturated rings. The van der Waals surface area contributed by atoms with Crippen molar-refractivity contribution in [1.82, 2.24) is 16.0 Å². The van der Waals surface area contributed by atoms with E-state index in [4.69, 9.17) is 10.8 Å². The maximum absolute atomic E-state index is 12.5. The Bertz CT molecular complexity index is 846. The van der Waals surface area contributed by atoms with Gasteiger partial charge in [0.15, 0.2) is 0 Å². The number of carboxylic acid groups (broad SMARTS) is 2. The first-order valence-corrected chi connectivity index (χ1v) is 10.2. The van der Waals surface area contributed by atoms with Crippen LogP contribution >= 0.6 is 0 Å². The smallest absolute Gasteiger partial charge is 0.326 e. The number of benzene rings is 1. The molecule has 33 heavy (non-hydrogen) atoms. The van der Waals surface area contributed by atoms with Gasteiger partial charge in [0, 0.05) is 0 Å². The number of carboxylic acids is 2. The monoisotopic (exact) mass is 466 g/mol. The van der Waals surface area contributed by atoms with Crippen LogP contribution in [0.5, 0.6) is 0 Å². The number of amides is 3. The van der Waals surface area contributed by atoms with Crippen LogP contribution in [-0.2, 0) is 30.4 Å². The van der Waals surface area contributed by atoms with Crippen molar-refractivity contribution in [3.63, 3.8) is 0 Å². The molecule has 0 radical (unpaired) electrons. The third-order valence-electron chi connectivity index (χ3n) is 4.69. The molecule has 4 atom stereocenters. The number of hydrogen-bond acceptors (Lipinski definition) is 7. The predicted molar refractivity (Wildman–Crippen MR) is 116 cm³/mol. The highest BCUT2D eigenvalue weighted by molar-refractivity contribution is 5.95. The van der Waals surface area contributed by atoms with E-state index in [0.29, 0.717) is 0 Å². The first kappa shape index (κ1) is 27.5. The molecule has 182 valence electrons. The molecule has 8 N–H and O–H groups in total. The van der Waals surface area contributed by atoms with Crippen molar-refractivity contribution < 1.29 is 39.3 Å². The lowest BCUT2D eigenvalue weighted by Gasteiger charge is -2.24. The topological polar surface area (TPSA) is 208 Å². The fourth-order valence-corrected chi connectivity index (χ4v) is 2.86. The molecule has 0 heterocycles. The third-order valence-corrected chi connectivity index (χ3v) is 4.69. The molecular formula is C21H30N4O8. The van der Waals surface area contributed by atoms with Gasteiger partial charge in [0.2, 0.25) is 17.7 Å². The van der Waals surface area contributed by atoms with Crippen LogP contribution in [0.4, 0.5) is 0 Å². The Morgan fingerprint density at radius 1 is 0.879 bits per heavy atom. The van der Waals surface area contributed by atoms with E-state index in [1.807, 2.05) is 0 Å². The van der Waals surface area contributed by atoms with Crippen LogP contribution < -0.4 is 21.7 Å². The van der Waals surface area contributed by atoms with Gasteiger partial charge < -0.3 is 37.0 Å². The van der Waals surface area contributed by atoms with Crippen LogP contribution in [0.2, 0.25) is 0 Å². The number of aliphatic hydroxyl groups excluding tert-OH is 1. The molecule has 0 aliphatic heterocycles. The van der Waals surface area contributed by atoms with Crippen LogP contribution in [-0.4, -0.2) is 75.8 Å². The third kappa shape index (κ3) is 9.25. The molecule has 12 nitrogen and oxygen atoms in total. The van der Waals surface area contributed by atoms with Crippen molar-refractivity contribution in [1.29, 1.82) is 0 Å². The van der Waals surface area contributed by atoms with E-state index in [2.05, 4.69) is 16.0 Å². The fourth-order valence-electron chi connectivity index (χ4n) is 2.86. The van der Waals surface area contributed by atoms with Crippen LogP contribution in [0.1, 0.15) is 25.8 Å². The van der Waals surface area contributed by atoms with Gasteiger partial charge in [-0.25, -0.2) is 4.79 Å². The Labute approximate surface area is 190 Å². The normalized spacial score (nSPS) is 14.5. The van der Waals surface area contributed by atoms with Crippen molar-refractivity contribution in [2.45, 2.75) is 50.9 Å². The Morgan fingerprint density at radius 2 is 1.42 bits per heavy atom. The Hall–Kier alpha value is -3.51. The summed E-state index contributed by atoms with van der Waals surface area (Å²) in [4.78, 5) is 59.8. The van der Waals surface area contributed by atoms with Crippen LogP contribution in [0.15, 0.2) is 30.3 Å². The van der Waals surface area contributed by atoms with Crippen LogP contribution in [0.3, 0.4) is 0 Å². The molecule has 1 aromatic carbocycles. The van der Waals surface area contributed by atoms with Crippen molar-refractivity contribution >= 4 is 29.7 Å². The Morgan fingerprint density at radius 3 is 1.91 bits per heavy atom. The van der Waals surface area contributed by atoms with Crippen LogP contribution in [0.25, 0.3) is 0 Å². The minimum Gasteiger partial charge on any atom is -0.481 e. The molecule has 0 bridgehead atoms. The second kappa shape index (κ2) is 13.1. The molecule has 3 amide bonds. The number of rotatable bonds is 13. The Kier molecular flexibility index (Phi) is 11.0. The number of nitrogens with two attached hydrogens (primary N) is 1. The second-order valence-electron chi connectivity index (χ2n) is 7.77. The van der Waals surface area contributed by atoms with Gasteiger partial charge in [-0.1, -0.05) is 44.2 Å². The average molecular weight is 466 g/mol. The summed E-state index contributed by atoms with van der Waals surface area (Å²) in [6.07, 6.45) is -0.677. The average Bonchev–Trinajstić information content (AvgIpc) is 2.74. The molecule has 0 saturated carbocycles. The molecule has 0 spiro atoms. The van der Waals surface area contributed by atoms with E-state index in [-0.39, 0.29) is 6.42 Å². The zero-order chi connectivity index (χ0) is 25.1. The van der Waals surface area contributed by atoms with Gasteiger partial charge in [-0.3, -0.25) is 19.2 Å². The maximum atomic E-state index is 12.5. The lowest BCUT2D eigenvalue weighted by Crippen LogP contribution is -2.59. The van der Waals surface area contributed by atoms with Crippen molar-refractivity contribution in [3.8, 4) is 0 Å². The van der Waals surface area contributed by atoms with Gasteiger partial charge in [0.05, 0.1) is 19.1 Å². The van der Waals surface area contributed by atoms with Gasteiger partial charge in [-0.2, -0.15) is 0 Å². The van der Waals surface area contributed by atoms with Gasteiger partial charge in [0.1, 0.15) is 18.1 Å². The maximum Gasteiger partial charge on any atom is 0.326 e. The van der Waals surface area contributed by atoms with Crippen LogP contribution in [0, 0.1) is 5.92 Å². The number of aliphatic carboxylic acids is 2. The highest BCUT2D eigenvalue weighted by Crippen LogP contribution is 2.05. The first-order chi connectivity index (χ1) is 15.5. The number of carbonyl (C=O) groups excluding carboxylic acids is 3. The van der Waals surface area contributed by atoms with Crippen molar-refractivity contribution in [3.05, 3.63) is 35.9 Å². The summed E-state index contributed by atoms with van der Waals surface area (Å²) in [6.45, 7) is 2.24. The standard InChI is InChI=1S/C21H30N4O8/c1-11(2)17(21(32)33)25-19(30)14(9-16(27)28)23-20(31)15(10-26)24-18(29)13(22)8-12-6-4-3-5-7-12/h3-7,11,13-15,17,26H,8-10,22H2,1-2H3,(H,23,31)(H,24,29)(H,25,30)(H,27,28)(H,32,33). The van der Waals surface area contributed by atoms with E-state index in [9.17, 15) is 34.2 Å². The lowest BCUT2D eigenvalue weighted by atomic mass is 10.0. The summed E-state index contributed by atoms with van der Waals surface area (Å²) in [5, 5.41) is 34.4. The summed E-state index contributed by atoms with van der Waals surface area (Å²) < 4.78 is 0. The number of nitrogens with one attached hydrogen (secondary N) is 3. The molecule has 0 saturated heterocycles. The zero-order valence-electron chi connectivity index (χ0n) is 18.4. The summed E-state index contributed by atoms with van der Waals surface area (Å²) in [7, 11) is 0. The summed E-state index contributed by atoms with van der Waals surface area (Å²) in [5.74, 6) is -6.07. The Balaban J connectivity index is 2.84. The van der Waals surface area contributed by atoms with E-state index in [0.717, 1.165) is 5.56 Å². The van der Waals surface area contributed by atoms with Gasteiger partial charge in [-0.05, 0) is 17.9 Å². The van der Waals surface area contributed by atoms with Gasteiger partial charge >= 0.3 is 11.9 Å². The molecule has 1 rings (SSSR count). The molecule has 4 unspecified atom stereocenters. The summed E-state index contributed by atoms with van der Waals surface area (Å²) in [5.41, 5.74) is 6.64. The minimum atomic E-state index is -1.64. The predicted octanol–water partition coefficient (Wildman–Crippen LogP) is -1.78. The first-order valence-electron chi connectivity index (χ1n) is 10.2. The summed E-state index contributed by atoms with van der Waals surface area (Å²) >= 11 is 0. The highest BCUT2D eigenvalue weighted by atomic mass is 16.4.